The van der Waals surface area contributed by atoms with E-state index in [1.807, 2.05) is 17.1 Å². The lowest BCUT2D eigenvalue weighted by atomic mass is 9.86. The first kappa shape index (κ1) is 12.0. The van der Waals surface area contributed by atoms with Crippen LogP contribution in [-0.4, -0.2) is 36.6 Å². The van der Waals surface area contributed by atoms with Crippen molar-refractivity contribution in [1.82, 2.24) is 4.90 Å². The van der Waals surface area contributed by atoms with Crippen LogP contribution in [0.15, 0.2) is 25.3 Å². The predicted octanol–water partition coefficient (Wildman–Crippen LogP) is 1.76. The zero-order chi connectivity index (χ0) is 11.1. The van der Waals surface area contributed by atoms with Crippen LogP contribution in [0.4, 0.5) is 0 Å². The van der Waals surface area contributed by atoms with Crippen molar-refractivity contribution in [3.63, 3.8) is 0 Å². The number of amides is 1. The van der Waals surface area contributed by atoms with E-state index in [1.165, 1.54) is 0 Å². The lowest BCUT2D eigenvalue weighted by Crippen LogP contribution is -2.47. The molecule has 1 aliphatic heterocycles. The van der Waals surface area contributed by atoms with Gasteiger partial charge >= 0.3 is 0 Å². The molecule has 15 heavy (non-hydrogen) atoms. The van der Waals surface area contributed by atoms with Gasteiger partial charge in [0.05, 0.1) is 12.1 Å². The molecule has 0 radical (unpaired) electrons. The van der Waals surface area contributed by atoms with Gasteiger partial charge < -0.3 is 9.64 Å². The molecule has 0 N–H and O–H groups in total. The maximum absolute atomic E-state index is 11.1. The summed E-state index contributed by atoms with van der Waals surface area (Å²) in [6, 6.07) is 0. The quantitative estimate of drug-likeness (QED) is 0.510. The second kappa shape index (κ2) is 5.71. The number of rotatable bonds is 5. The highest BCUT2D eigenvalue weighted by molar-refractivity contribution is 5.49. The van der Waals surface area contributed by atoms with E-state index >= 15 is 0 Å². The third kappa shape index (κ3) is 2.69. The van der Waals surface area contributed by atoms with Gasteiger partial charge in [0.15, 0.2) is 0 Å². The molecular formula is C12H19NO2. The number of carbonyl (C=O) groups is 1. The molecule has 0 saturated carbocycles. The zero-order valence-electron chi connectivity index (χ0n) is 9.15. The van der Waals surface area contributed by atoms with Crippen molar-refractivity contribution in [2.45, 2.75) is 24.8 Å². The minimum absolute atomic E-state index is 0.165. The van der Waals surface area contributed by atoms with Crippen molar-refractivity contribution in [2.75, 3.05) is 19.8 Å². The highest BCUT2D eigenvalue weighted by Gasteiger charge is 2.34. The zero-order valence-corrected chi connectivity index (χ0v) is 9.15. The first-order chi connectivity index (χ1) is 7.29. The number of ether oxygens (including phenoxy) is 1. The second-order valence-corrected chi connectivity index (χ2v) is 3.87. The summed E-state index contributed by atoms with van der Waals surface area (Å²) in [5, 5.41) is 0. The van der Waals surface area contributed by atoms with Crippen molar-refractivity contribution >= 4 is 6.41 Å². The summed E-state index contributed by atoms with van der Waals surface area (Å²) in [5.41, 5.74) is -0.165. The summed E-state index contributed by atoms with van der Waals surface area (Å²) in [4.78, 5) is 12.9. The van der Waals surface area contributed by atoms with E-state index in [2.05, 4.69) is 13.2 Å². The number of hydrogen-bond donors (Lipinski definition) is 0. The van der Waals surface area contributed by atoms with E-state index in [0.717, 1.165) is 25.7 Å². The van der Waals surface area contributed by atoms with Gasteiger partial charge in [-0.2, -0.15) is 0 Å². The minimum Gasteiger partial charge on any atom is -0.380 e. The maximum atomic E-state index is 11.1. The van der Waals surface area contributed by atoms with E-state index < -0.39 is 0 Å². The van der Waals surface area contributed by atoms with Crippen LogP contribution in [0.2, 0.25) is 0 Å². The van der Waals surface area contributed by atoms with Gasteiger partial charge in [-0.3, -0.25) is 4.79 Å². The summed E-state index contributed by atoms with van der Waals surface area (Å²) < 4.78 is 5.41. The van der Waals surface area contributed by atoms with Crippen LogP contribution in [0.5, 0.6) is 0 Å². The molecule has 0 aromatic rings. The Bertz CT molecular complexity index is 228. The molecule has 1 rings (SSSR count). The largest absolute Gasteiger partial charge is 0.380 e. The molecule has 0 aromatic carbocycles. The van der Waals surface area contributed by atoms with E-state index in [1.54, 1.807) is 0 Å². The highest BCUT2D eigenvalue weighted by atomic mass is 16.5. The molecule has 1 heterocycles. The van der Waals surface area contributed by atoms with Crippen LogP contribution < -0.4 is 0 Å². The van der Waals surface area contributed by atoms with Crippen LogP contribution in [-0.2, 0) is 9.53 Å². The Balaban J connectivity index is 2.89. The molecule has 1 aliphatic rings. The molecular weight excluding hydrogens is 190 g/mol. The van der Waals surface area contributed by atoms with Gasteiger partial charge in [-0.25, -0.2) is 0 Å². The topological polar surface area (TPSA) is 29.5 Å². The SMILES string of the molecule is C=CCC1(CC=C)CCOCCN1C=O. The van der Waals surface area contributed by atoms with Crippen LogP contribution in [0.25, 0.3) is 0 Å². The van der Waals surface area contributed by atoms with E-state index in [-0.39, 0.29) is 5.54 Å². The van der Waals surface area contributed by atoms with Crippen molar-refractivity contribution in [1.29, 1.82) is 0 Å². The van der Waals surface area contributed by atoms with Gasteiger partial charge in [-0.15, -0.1) is 13.2 Å². The maximum Gasteiger partial charge on any atom is 0.210 e. The van der Waals surface area contributed by atoms with Gasteiger partial charge in [0, 0.05) is 13.2 Å². The number of hydrogen-bond acceptors (Lipinski definition) is 2. The monoisotopic (exact) mass is 209 g/mol. The molecule has 0 aromatic heterocycles. The van der Waals surface area contributed by atoms with Crippen LogP contribution in [0.1, 0.15) is 19.3 Å². The molecule has 1 saturated heterocycles. The fourth-order valence-electron chi connectivity index (χ4n) is 2.13. The van der Waals surface area contributed by atoms with Gasteiger partial charge in [-0.05, 0) is 19.3 Å². The van der Waals surface area contributed by atoms with Crippen molar-refractivity contribution in [2.24, 2.45) is 0 Å². The Morgan fingerprint density at radius 3 is 2.47 bits per heavy atom. The van der Waals surface area contributed by atoms with Crippen LogP contribution in [0.3, 0.4) is 0 Å². The smallest absolute Gasteiger partial charge is 0.210 e. The van der Waals surface area contributed by atoms with E-state index in [0.29, 0.717) is 19.8 Å². The average Bonchev–Trinajstić information content (AvgIpc) is 2.42. The highest BCUT2D eigenvalue weighted by Crippen LogP contribution is 2.29. The van der Waals surface area contributed by atoms with Crippen LogP contribution in [0, 0.1) is 0 Å². The van der Waals surface area contributed by atoms with E-state index in [4.69, 9.17) is 4.74 Å². The standard InChI is InChI=1S/C12H19NO2/c1-3-5-12(6-4-2)7-9-15-10-8-13(12)11-14/h3-4,11H,1-2,5-10H2. The summed E-state index contributed by atoms with van der Waals surface area (Å²) in [5.74, 6) is 0. The molecule has 84 valence electrons. The second-order valence-electron chi connectivity index (χ2n) is 3.87. The van der Waals surface area contributed by atoms with Crippen LogP contribution >= 0.6 is 0 Å². The Labute approximate surface area is 91.4 Å². The Morgan fingerprint density at radius 1 is 1.27 bits per heavy atom. The van der Waals surface area contributed by atoms with E-state index in [9.17, 15) is 4.79 Å². The van der Waals surface area contributed by atoms with Gasteiger partial charge in [0.2, 0.25) is 6.41 Å². The van der Waals surface area contributed by atoms with Crippen molar-refractivity contribution < 1.29 is 9.53 Å². The first-order valence-corrected chi connectivity index (χ1v) is 5.30. The number of nitrogens with zero attached hydrogens (tertiary/aromatic N) is 1. The van der Waals surface area contributed by atoms with Gasteiger partial charge in [0.25, 0.3) is 0 Å². The molecule has 0 atom stereocenters. The lowest BCUT2D eigenvalue weighted by molar-refractivity contribution is -0.123. The van der Waals surface area contributed by atoms with Gasteiger partial charge in [-0.1, -0.05) is 12.2 Å². The molecule has 3 heteroatoms. The Kier molecular flexibility index (Phi) is 4.56. The Morgan fingerprint density at radius 2 is 1.93 bits per heavy atom. The molecule has 3 nitrogen and oxygen atoms in total. The normalized spacial score (nSPS) is 20.4. The Hall–Kier alpha value is -1.09. The molecule has 1 amide bonds. The van der Waals surface area contributed by atoms with Gasteiger partial charge in [0.1, 0.15) is 0 Å². The minimum atomic E-state index is -0.165. The summed E-state index contributed by atoms with van der Waals surface area (Å²) in [7, 11) is 0. The predicted molar refractivity (Wildman–Crippen MR) is 60.6 cm³/mol. The molecule has 1 fully saturated rings. The lowest BCUT2D eigenvalue weighted by Gasteiger charge is -2.39. The molecule has 0 unspecified atom stereocenters. The third-order valence-electron chi connectivity index (χ3n) is 2.97. The molecule has 0 spiro atoms. The molecule has 0 bridgehead atoms. The van der Waals surface area contributed by atoms with Crippen molar-refractivity contribution in [3.05, 3.63) is 25.3 Å². The summed E-state index contributed by atoms with van der Waals surface area (Å²) in [6.07, 6.45) is 7.09. The summed E-state index contributed by atoms with van der Waals surface area (Å²) >= 11 is 0. The number of carbonyl (C=O) groups excluding carboxylic acids is 1. The third-order valence-corrected chi connectivity index (χ3v) is 2.97. The van der Waals surface area contributed by atoms with Crippen molar-refractivity contribution in [3.8, 4) is 0 Å². The average molecular weight is 209 g/mol. The molecule has 0 aliphatic carbocycles. The first-order valence-electron chi connectivity index (χ1n) is 5.30. The fourth-order valence-corrected chi connectivity index (χ4v) is 2.13. The fraction of sp³-hybridized carbons (Fsp3) is 0.583. The summed E-state index contributed by atoms with van der Waals surface area (Å²) in [6.45, 7) is 9.51.